The summed E-state index contributed by atoms with van der Waals surface area (Å²) in [6, 6.07) is 0. The van der Waals surface area contributed by atoms with E-state index in [2.05, 4.69) is 15.1 Å². The van der Waals surface area contributed by atoms with Gasteiger partial charge in [-0.3, -0.25) is 23.8 Å². The molecule has 0 radical (unpaired) electrons. The molecule has 0 aromatic rings. The Morgan fingerprint density at radius 2 is 1.03 bits per heavy atom. The molecule has 2 aliphatic rings. The van der Waals surface area contributed by atoms with Crippen molar-refractivity contribution in [2.45, 2.75) is 6.92 Å². The molecule has 5 N–H and O–H groups in total. The highest BCUT2D eigenvalue weighted by Gasteiger charge is 2.17. The van der Waals surface area contributed by atoms with Gasteiger partial charge in [0, 0.05) is 72.0 Å². The first-order valence-corrected chi connectivity index (χ1v) is 13.2. The lowest BCUT2D eigenvalue weighted by atomic mass is 10.3. The average Bonchev–Trinajstić information content (AvgIpc) is 2.69. The SMILES string of the molecule is CCS(=O)(=O)O.Cl.Cl.O=S(=O)(O)CCN1CCN(CCO)CC1.OCCN1CCNCC1. The maximum Gasteiger partial charge on any atom is 0.266 e. The quantitative estimate of drug-likeness (QED) is 0.213. The monoisotopic (exact) mass is 550 g/mol. The molecule has 12 nitrogen and oxygen atoms in total. The second-order valence-corrected chi connectivity index (χ2v) is 10.2. The summed E-state index contributed by atoms with van der Waals surface area (Å²) in [5.41, 5.74) is 0. The second kappa shape index (κ2) is 20.5. The fraction of sp³-hybridized carbons (Fsp3) is 1.00. The highest BCUT2D eigenvalue weighted by molar-refractivity contribution is 7.86. The molecule has 32 heavy (non-hydrogen) atoms. The van der Waals surface area contributed by atoms with E-state index < -0.39 is 20.2 Å². The van der Waals surface area contributed by atoms with Gasteiger partial charge in [-0.05, 0) is 6.92 Å². The molecule has 0 bridgehead atoms. The topological polar surface area (TPSA) is 171 Å². The number of aliphatic hydroxyl groups is 2. The van der Waals surface area contributed by atoms with Gasteiger partial charge in [-0.2, -0.15) is 16.8 Å². The minimum atomic E-state index is -3.84. The molecule has 0 spiro atoms. The van der Waals surface area contributed by atoms with Crippen LogP contribution in [0, 0.1) is 0 Å². The Bertz CT molecular complexity index is 627. The zero-order chi connectivity index (χ0) is 23.0. The van der Waals surface area contributed by atoms with Crippen molar-refractivity contribution < 1.29 is 36.2 Å². The van der Waals surface area contributed by atoms with Crippen LogP contribution >= 0.6 is 24.8 Å². The molecule has 2 aliphatic heterocycles. The van der Waals surface area contributed by atoms with Gasteiger partial charge in [0.15, 0.2) is 0 Å². The van der Waals surface area contributed by atoms with Crippen molar-refractivity contribution in [2.75, 3.05) is 96.7 Å². The van der Waals surface area contributed by atoms with E-state index in [1.807, 2.05) is 4.90 Å². The van der Waals surface area contributed by atoms with Gasteiger partial charge < -0.3 is 15.5 Å². The van der Waals surface area contributed by atoms with Crippen LogP contribution in [-0.2, 0) is 20.2 Å². The summed E-state index contributed by atoms with van der Waals surface area (Å²) in [6.45, 7) is 11.3. The number of hydrogen-bond acceptors (Lipinski definition) is 10. The van der Waals surface area contributed by atoms with Gasteiger partial charge in [0.1, 0.15) is 0 Å². The fourth-order valence-electron chi connectivity index (χ4n) is 2.70. The van der Waals surface area contributed by atoms with Gasteiger partial charge in [0.2, 0.25) is 0 Å². The van der Waals surface area contributed by atoms with Crippen molar-refractivity contribution in [3.63, 3.8) is 0 Å². The molecule has 198 valence electrons. The molecule has 0 unspecified atom stereocenters. The summed E-state index contributed by atoms with van der Waals surface area (Å²) in [5.74, 6) is -0.403. The van der Waals surface area contributed by atoms with Crippen molar-refractivity contribution in [3.8, 4) is 0 Å². The van der Waals surface area contributed by atoms with Crippen molar-refractivity contribution >= 4 is 45.1 Å². The van der Waals surface area contributed by atoms with Crippen LogP contribution in [-0.4, -0.2) is 148 Å². The summed E-state index contributed by atoms with van der Waals surface area (Å²) in [5, 5.41) is 20.5. The third-order valence-corrected chi connectivity index (χ3v) is 5.97. The van der Waals surface area contributed by atoms with Crippen LogP contribution < -0.4 is 5.32 Å². The average molecular weight is 552 g/mol. The molecular formula is C16H40Cl2N4O8S2. The van der Waals surface area contributed by atoms with Crippen LogP contribution in [0.4, 0.5) is 0 Å². The third-order valence-electron chi connectivity index (χ3n) is 4.54. The highest BCUT2D eigenvalue weighted by atomic mass is 35.5. The van der Waals surface area contributed by atoms with Gasteiger partial charge in [-0.1, -0.05) is 0 Å². The second-order valence-electron chi connectivity index (χ2n) is 6.88. The zero-order valence-electron chi connectivity index (χ0n) is 18.5. The van der Waals surface area contributed by atoms with Crippen molar-refractivity contribution in [1.29, 1.82) is 0 Å². The first-order chi connectivity index (χ1) is 14.0. The summed E-state index contributed by atoms with van der Waals surface area (Å²) < 4.78 is 56.5. The molecule has 2 rings (SSSR count). The fourth-order valence-corrected chi connectivity index (χ4v) is 3.19. The predicted molar refractivity (Wildman–Crippen MR) is 129 cm³/mol. The van der Waals surface area contributed by atoms with Crippen LogP contribution in [0.2, 0.25) is 0 Å². The Morgan fingerprint density at radius 1 is 0.688 bits per heavy atom. The summed E-state index contributed by atoms with van der Waals surface area (Å²) >= 11 is 0. The molecule has 2 fully saturated rings. The van der Waals surface area contributed by atoms with E-state index in [-0.39, 0.29) is 42.9 Å². The van der Waals surface area contributed by atoms with Crippen molar-refractivity contribution in [3.05, 3.63) is 0 Å². The van der Waals surface area contributed by atoms with E-state index in [0.717, 1.165) is 58.9 Å². The van der Waals surface area contributed by atoms with Crippen molar-refractivity contribution in [1.82, 2.24) is 20.0 Å². The van der Waals surface area contributed by atoms with E-state index in [9.17, 15) is 16.8 Å². The lowest BCUT2D eigenvalue weighted by molar-refractivity contribution is 0.116. The molecule has 0 saturated carbocycles. The first kappa shape index (κ1) is 36.7. The van der Waals surface area contributed by atoms with E-state index in [0.29, 0.717) is 19.7 Å². The summed E-state index contributed by atoms with van der Waals surface area (Å²) in [6.07, 6.45) is 0. The van der Waals surface area contributed by atoms with E-state index >= 15 is 0 Å². The molecule has 2 heterocycles. The van der Waals surface area contributed by atoms with Gasteiger partial charge in [-0.15, -0.1) is 24.8 Å². The number of rotatable bonds is 8. The minimum absolute atomic E-state index is 0. The number of nitrogens with one attached hydrogen (secondary N) is 1. The van der Waals surface area contributed by atoms with Crippen LogP contribution in [0.5, 0.6) is 0 Å². The number of aliphatic hydroxyl groups excluding tert-OH is 2. The molecular weight excluding hydrogens is 511 g/mol. The zero-order valence-corrected chi connectivity index (χ0v) is 21.8. The largest absolute Gasteiger partial charge is 0.395 e. The smallest absolute Gasteiger partial charge is 0.266 e. The molecule has 0 aromatic carbocycles. The number of nitrogens with zero attached hydrogens (tertiary/aromatic N) is 3. The Balaban J connectivity index is -0.000000425. The number of hydrogen-bond donors (Lipinski definition) is 5. The Kier molecular flexibility index (Phi) is 23.6. The standard InChI is InChI=1S/C8H18N2O4S.C6H14N2O.C2H6O3S.2ClH/c11-7-5-9-1-3-10(4-2-9)6-8-15(12,13)14;9-6-5-8-3-1-7-2-4-8;1-2-6(3,4)5;;/h11H,1-8H2,(H,12,13,14);7,9H,1-6H2;2H2,1H3,(H,3,4,5);2*1H. The van der Waals surface area contributed by atoms with Gasteiger partial charge in [0.25, 0.3) is 20.2 Å². The first-order valence-electron chi connectivity index (χ1n) is 10.0. The van der Waals surface area contributed by atoms with Gasteiger partial charge >= 0.3 is 0 Å². The Morgan fingerprint density at radius 3 is 1.34 bits per heavy atom. The number of halogens is 2. The molecule has 16 heteroatoms. The van der Waals surface area contributed by atoms with Crippen LogP contribution in [0.25, 0.3) is 0 Å². The number of β-amino-alcohol motifs (C(OH)–C–C–N with tert-alkyl or cyclic N) is 2. The number of piperazine rings is 2. The van der Waals surface area contributed by atoms with Crippen LogP contribution in [0.3, 0.4) is 0 Å². The normalized spacial score (nSPS) is 18.2. The van der Waals surface area contributed by atoms with E-state index in [1.54, 1.807) is 0 Å². The Labute approximate surface area is 204 Å². The summed E-state index contributed by atoms with van der Waals surface area (Å²) in [7, 11) is -7.50. The maximum atomic E-state index is 10.5. The summed E-state index contributed by atoms with van der Waals surface area (Å²) in [4.78, 5) is 6.39. The molecule has 0 aliphatic carbocycles. The van der Waals surface area contributed by atoms with E-state index in [4.69, 9.17) is 19.3 Å². The lowest BCUT2D eigenvalue weighted by Gasteiger charge is -2.33. The van der Waals surface area contributed by atoms with Crippen LogP contribution in [0.15, 0.2) is 0 Å². The third kappa shape index (κ3) is 23.3. The Hall–Kier alpha value is 0.160. The van der Waals surface area contributed by atoms with Crippen LogP contribution in [0.1, 0.15) is 6.92 Å². The van der Waals surface area contributed by atoms with Gasteiger partial charge in [0.05, 0.1) is 24.7 Å². The maximum absolute atomic E-state index is 10.5. The predicted octanol–water partition coefficient (Wildman–Crippen LogP) is -1.89. The minimum Gasteiger partial charge on any atom is -0.395 e. The molecule has 0 aromatic heterocycles. The molecule has 0 atom stereocenters. The molecule has 2 saturated heterocycles. The highest BCUT2D eigenvalue weighted by Crippen LogP contribution is 2.01. The molecule has 0 amide bonds. The van der Waals surface area contributed by atoms with Gasteiger partial charge in [-0.25, -0.2) is 0 Å². The lowest BCUT2D eigenvalue weighted by Crippen LogP contribution is -2.48. The van der Waals surface area contributed by atoms with E-state index in [1.165, 1.54) is 6.92 Å². The van der Waals surface area contributed by atoms with Crippen molar-refractivity contribution in [2.24, 2.45) is 0 Å².